The maximum absolute atomic E-state index is 6.01. The Kier molecular flexibility index (Phi) is 7.17. The number of hydrogen-bond donors (Lipinski definition) is 1. The van der Waals surface area contributed by atoms with E-state index >= 15 is 0 Å². The van der Waals surface area contributed by atoms with Crippen LogP contribution in [0.5, 0.6) is 0 Å². The summed E-state index contributed by atoms with van der Waals surface area (Å²) in [4.78, 5) is 2.36. The lowest BCUT2D eigenvalue weighted by atomic mass is 9.92. The quantitative estimate of drug-likeness (QED) is 0.655. The van der Waals surface area contributed by atoms with E-state index in [1.807, 2.05) is 12.3 Å². The standard InChI is InChI=1S/C16H30N2O/c1-4-5-6-7-8-10-16(2,14-17)18(3)12-15-9-11-19-13-15/h9,11,13H,4-8,10,12,14,17H2,1-3H3. The molecule has 2 N–H and O–H groups in total. The number of furan rings is 1. The van der Waals surface area contributed by atoms with E-state index in [1.165, 1.54) is 44.1 Å². The molecule has 0 aliphatic heterocycles. The zero-order chi connectivity index (χ0) is 14.1. The van der Waals surface area contributed by atoms with E-state index in [-0.39, 0.29) is 5.54 Å². The highest BCUT2D eigenvalue weighted by molar-refractivity contribution is 5.06. The van der Waals surface area contributed by atoms with Crippen LogP contribution in [0.25, 0.3) is 0 Å². The Morgan fingerprint density at radius 2 is 2.00 bits per heavy atom. The van der Waals surface area contributed by atoms with E-state index in [0.29, 0.717) is 6.54 Å². The normalized spacial score (nSPS) is 14.8. The molecule has 1 aromatic heterocycles. The summed E-state index contributed by atoms with van der Waals surface area (Å²) in [5.41, 5.74) is 7.32. The van der Waals surface area contributed by atoms with Gasteiger partial charge in [0.05, 0.1) is 12.5 Å². The molecule has 0 spiro atoms. The molecule has 0 aromatic carbocycles. The average molecular weight is 266 g/mol. The van der Waals surface area contributed by atoms with Gasteiger partial charge in [0.2, 0.25) is 0 Å². The van der Waals surface area contributed by atoms with Gasteiger partial charge in [-0.2, -0.15) is 0 Å². The van der Waals surface area contributed by atoms with Gasteiger partial charge in [0.15, 0.2) is 0 Å². The number of unbranched alkanes of at least 4 members (excludes halogenated alkanes) is 4. The van der Waals surface area contributed by atoms with Crippen molar-refractivity contribution >= 4 is 0 Å². The summed E-state index contributed by atoms with van der Waals surface area (Å²) in [5.74, 6) is 0. The van der Waals surface area contributed by atoms with E-state index in [4.69, 9.17) is 10.2 Å². The molecule has 1 atom stereocenters. The Bertz CT molecular complexity index is 323. The fraction of sp³-hybridized carbons (Fsp3) is 0.750. The second-order valence-electron chi connectivity index (χ2n) is 5.85. The van der Waals surface area contributed by atoms with Gasteiger partial charge < -0.3 is 10.2 Å². The number of nitrogens with zero attached hydrogens (tertiary/aromatic N) is 1. The predicted octanol–water partition coefficient (Wildman–Crippen LogP) is 3.79. The minimum absolute atomic E-state index is 0.0868. The molecule has 1 heterocycles. The molecular formula is C16H30N2O. The van der Waals surface area contributed by atoms with Crippen LogP contribution in [0, 0.1) is 0 Å². The summed E-state index contributed by atoms with van der Waals surface area (Å²) in [6.07, 6.45) is 11.3. The molecule has 3 nitrogen and oxygen atoms in total. The first kappa shape index (κ1) is 16.3. The van der Waals surface area contributed by atoms with E-state index in [2.05, 4.69) is 25.8 Å². The third-order valence-corrected chi connectivity index (χ3v) is 4.18. The van der Waals surface area contributed by atoms with E-state index in [9.17, 15) is 0 Å². The zero-order valence-corrected chi connectivity index (χ0v) is 12.8. The predicted molar refractivity (Wildman–Crippen MR) is 81.0 cm³/mol. The summed E-state index contributed by atoms with van der Waals surface area (Å²) in [6.45, 7) is 6.13. The molecule has 0 saturated heterocycles. The highest BCUT2D eigenvalue weighted by Crippen LogP contribution is 2.22. The minimum atomic E-state index is 0.0868. The average Bonchev–Trinajstić information content (AvgIpc) is 2.91. The van der Waals surface area contributed by atoms with E-state index in [1.54, 1.807) is 6.26 Å². The number of rotatable bonds is 10. The lowest BCUT2D eigenvalue weighted by molar-refractivity contribution is 0.122. The fourth-order valence-corrected chi connectivity index (χ4v) is 2.41. The van der Waals surface area contributed by atoms with Crippen LogP contribution >= 0.6 is 0 Å². The fourth-order valence-electron chi connectivity index (χ4n) is 2.41. The number of nitrogens with two attached hydrogens (primary N) is 1. The van der Waals surface area contributed by atoms with Crippen molar-refractivity contribution in [3.8, 4) is 0 Å². The zero-order valence-electron chi connectivity index (χ0n) is 12.8. The van der Waals surface area contributed by atoms with Crippen LogP contribution < -0.4 is 5.73 Å². The van der Waals surface area contributed by atoms with E-state index < -0.39 is 0 Å². The molecule has 110 valence electrons. The van der Waals surface area contributed by atoms with Crippen LogP contribution in [-0.4, -0.2) is 24.0 Å². The van der Waals surface area contributed by atoms with Crippen molar-refractivity contribution in [3.05, 3.63) is 24.2 Å². The van der Waals surface area contributed by atoms with Crippen molar-refractivity contribution in [2.24, 2.45) is 5.73 Å². The number of hydrogen-bond acceptors (Lipinski definition) is 3. The molecule has 1 unspecified atom stereocenters. The van der Waals surface area contributed by atoms with Gasteiger partial charge in [0.25, 0.3) is 0 Å². The van der Waals surface area contributed by atoms with Crippen molar-refractivity contribution < 1.29 is 4.42 Å². The molecule has 3 heteroatoms. The lowest BCUT2D eigenvalue weighted by Crippen LogP contribution is -2.49. The highest BCUT2D eigenvalue weighted by Gasteiger charge is 2.27. The van der Waals surface area contributed by atoms with Crippen molar-refractivity contribution in [2.75, 3.05) is 13.6 Å². The van der Waals surface area contributed by atoms with Crippen molar-refractivity contribution in [1.82, 2.24) is 4.90 Å². The van der Waals surface area contributed by atoms with Gasteiger partial charge in [-0.05, 0) is 26.5 Å². The van der Waals surface area contributed by atoms with E-state index in [0.717, 1.165) is 6.54 Å². The number of likely N-dealkylation sites (N-methyl/N-ethyl adjacent to an activating group) is 1. The summed E-state index contributed by atoms with van der Waals surface area (Å²) < 4.78 is 5.13. The summed E-state index contributed by atoms with van der Waals surface area (Å²) in [7, 11) is 2.16. The second-order valence-corrected chi connectivity index (χ2v) is 5.85. The minimum Gasteiger partial charge on any atom is -0.472 e. The van der Waals surface area contributed by atoms with Crippen LogP contribution in [0.1, 0.15) is 57.9 Å². The Morgan fingerprint density at radius 3 is 2.58 bits per heavy atom. The summed E-state index contributed by atoms with van der Waals surface area (Å²) in [5, 5.41) is 0. The Morgan fingerprint density at radius 1 is 1.26 bits per heavy atom. The molecule has 1 rings (SSSR count). The van der Waals surface area contributed by atoms with Crippen LogP contribution in [0.3, 0.4) is 0 Å². The first-order valence-corrected chi connectivity index (χ1v) is 7.55. The van der Waals surface area contributed by atoms with Crippen molar-refractivity contribution in [3.63, 3.8) is 0 Å². The molecule has 0 aliphatic carbocycles. The Labute approximate surface area is 118 Å². The summed E-state index contributed by atoms with van der Waals surface area (Å²) in [6, 6.07) is 2.02. The molecule has 0 saturated carbocycles. The van der Waals surface area contributed by atoms with Gasteiger partial charge in [-0.3, -0.25) is 4.90 Å². The topological polar surface area (TPSA) is 42.4 Å². The highest BCUT2D eigenvalue weighted by atomic mass is 16.3. The third-order valence-electron chi connectivity index (χ3n) is 4.18. The first-order valence-electron chi connectivity index (χ1n) is 7.55. The second kappa shape index (κ2) is 8.39. The van der Waals surface area contributed by atoms with Gasteiger partial charge in [0, 0.05) is 24.2 Å². The SMILES string of the molecule is CCCCCCCC(C)(CN)N(C)Cc1ccoc1. The van der Waals surface area contributed by atoms with Gasteiger partial charge in [-0.15, -0.1) is 0 Å². The van der Waals surface area contributed by atoms with Gasteiger partial charge in [-0.1, -0.05) is 39.0 Å². The van der Waals surface area contributed by atoms with Crippen LogP contribution in [0.4, 0.5) is 0 Å². The molecule has 19 heavy (non-hydrogen) atoms. The van der Waals surface area contributed by atoms with Gasteiger partial charge >= 0.3 is 0 Å². The monoisotopic (exact) mass is 266 g/mol. The lowest BCUT2D eigenvalue weighted by Gasteiger charge is -2.38. The molecule has 0 amide bonds. The molecular weight excluding hydrogens is 236 g/mol. The molecule has 1 aromatic rings. The Balaban J connectivity index is 2.39. The smallest absolute Gasteiger partial charge is 0.0947 e. The van der Waals surface area contributed by atoms with Crippen LogP contribution in [0.15, 0.2) is 23.0 Å². The van der Waals surface area contributed by atoms with Crippen molar-refractivity contribution in [1.29, 1.82) is 0 Å². The maximum atomic E-state index is 6.01. The third kappa shape index (κ3) is 5.37. The molecule has 0 fully saturated rings. The summed E-state index contributed by atoms with van der Waals surface area (Å²) >= 11 is 0. The van der Waals surface area contributed by atoms with Crippen molar-refractivity contribution in [2.45, 2.75) is 64.5 Å². The first-order chi connectivity index (χ1) is 9.12. The molecule has 0 aliphatic rings. The molecule has 0 radical (unpaired) electrons. The largest absolute Gasteiger partial charge is 0.472 e. The Hall–Kier alpha value is -0.800. The van der Waals surface area contributed by atoms with Crippen LogP contribution in [-0.2, 0) is 6.54 Å². The van der Waals surface area contributed by atoms with Gasteiger partial charge in [0.1, 0.15) is 0 Å². The molecule has 0 bridgehead atoms. The maximum Gasteiger partial charge on any atom is 0.0947 e. The van der Waals surface area contributed by atoms with Crippen LogP contribution in [0.2, 0.25) is 0 Å². The van der Waals surface area contributed by atoms with Gasteiger partial charge in [-0.25, -0.2) is 0 Å².